The molecule has 0 saturated heterocycles. The van der Waals surface area contributed by atoms with Crippen molar-refractivity contribution in [3.05, 3.63) is 18.0 Å². The van der Waals surface area contributed by atoms with Gasteiger partial charge in [0.2, 0.25) is 0 Å². The Morgan fingerprint density at radius 2 is 2.33 bits per heavy atom. The van der Waals surface area contributed by atoms with Crippen LogP contribution in [0.2, 0.25) is 0 Å². The average molecular weight is 208 g/mol. The van der Waals surface area contributed by atoms with Gasteiger partial charge in [-0.15, -0.1) is 0 Å². The van der Waals surface area contributed by atoms with E-state index in [9.17, 15) is 0 Å². The van der Waals surface area contributed by atoms with Gasteiger partial charge in [0, 0.05) is 31.9 Å². The smallest absolute Gasteiger partial charge is 0.0534 e. The van der Waals surface area contributed by atoms with E-state index in [0.29, 0.717) is 5.41 Å². The zero-order valence-corrected chi connectivity index (χ0v) is 9.61. The summed E-state index contributed by atoms with van der Waals surface area (Å²) in [5, 5.41) is 4.17. The van der Waals surface area contributed by atoms with Crippen LogP contribution in [0.1, 0.15) is 18.4 Å². The second kappa shape index (κ2) is 3.94. The number of rotatable bonds is 5. The Labute approximate surface area is 91.1 Å². The van der Waals surface area contributed by atoms with E-state index in [1.165, 1.54) is 18.4 Å². The van der Waals surface area contributed by atoms with Crippen LogP contribution in [-0.4, -0.2) is 34.8 Å². The zero-order chi connectivity index (χ0) is 10.9. The molecule has 4 heteroatoms. The summed E-state index contributed by atoms with van der Waals surface area (Å²) in [6.45, 7) is 2.90. The topological polar surface area (TPSA) is 47.1 Å². The molecule has 0 aromatic carbocycles. The maximum atomic E-state index is 5.77. The molecule has 2 rings (SSSR count). The van der Waals surface area contributed by atoms with E-state index in [2.05, 4.69) is 23.2 Å². The molecule has 0 atom stereocenters. The first-order valence-electron chi connectivity index (χ1n) is 5.50. The van der Waals surface area contributed by atoms with Gasteiger partial charge in [0.05, 0.1) is 6.20 Å². The summed E-state index contributed by atoms with van der Waals surface area (Å²) in [7, 11) is 4.11. The first-order valence-corrected chi connectivity index (χ1v) is 5.50. The number of aromatic nitrogens is 2. The van der Waals surface area contributed by atoms with Crippen molar-refractivity contribution in [3.8, 4) is 0 Å². The summed E-state index contributed by atoms with van der Waals surface area (Å²) in [6.07, 6.45) is 6.58. The van der Waals surface area contributed by atoms with E-state index < -0.39 is 0 Å². The van der Waals surface area contributed by atoms with Gasteiger partial charge < -0.3 is 10.6 Å². The minimum absolute atomic E-state index is 0.428. The fraction of sp³-hybridized carbons (Fsp3) is 0.727. The first kappa shape index (κ1) is 10.6. The van der Waals surface area contributed by atoms with E-state index >= 15 is 0 Å². The molecule has 15 heavy (non-hydrogen) atoms. The fourth-order valence-electron chi connectivity index (χ4n) is 2.10. The molecule has 1 heterocycles. The number of nitrogens with zero attached hydrogens (tertiary/aromatic N) is 3. The summed E-state index contributed by atoms with van der Waals surface area (Å²) < 4.78 is 1.85. The van der Waals surface area contributed by atoms with E-state index in [0.717, 1.165) is 19.6 Å². The Bertz CT molecular complexity index is 327. The quantitative estimate of drug-likeness (QED) is 0.770. The van der Waals surface area contributed by atoms with Crippen molar-refractivity contribution in [2.75, 3.05) is 20.1 Å². The Kier molecular flexibility index (Phi) is 2.80. The van der Waals surface area contributed by atoms with Gasteiger partial charge in [-0.25, -0.2) is 0 Å². The minimum Gasteiger partial charge on any atom is -0.330 e. The van der Waals surface area contributed by atoms with Crippen LogP contribution in [0.15, 0.2) is 12.4 Å². The number of hydrogen-bond acceptors (Lipinski definition) is 3. The van der Waals surface area contributed by atoms with Gasteiger partial charge in [0.1, 0.15) is 0 Å². The summed E-state index contributed by atoms with van der Waals surface area (Å²) in [5.41, 5.74) is 7.47. The van der Waals surface area contributed by atoms with Crippen LogP contribution in [0.5, 0.6) is 0 Å². The summed E-state index contributed by atoms with van der Waals surface area (Å²) >= 11 is 0. The van der Waals surface area contributed by atoms with Gasteiger partial charge in [-0.2, -0.15) is 5.10 Å². The second-order valence-electron chi connectivity index (χ2n) is 4.90. The van der Waals surface area contributed by atoms with Gasteiger partial charge in [0.15, 0.2) is 0 Å². The molecule has 1 aromatic heterocycles. The summed E-state index contributed by atoms with van der Waals surface area (Å²) in [6, 6.07) is 0. The van der Waals surface area contributed by atoms with Crippen LogP contribution in [0.4, 0.5) is 0 Å². The number of hydrogen-bond donors (Lipinski definition) is 1. The van der Waals surface area contributed by atoms with Gasteiger partial charge in [-0.3, -0.25) is 4.68 Å². The molecule has 1 aromatic rings. The zero-order valence-electron chi connectivity index (χ0n) is 9.61. The summed E-state index contributed by atoms with van der Waals surface area (Å²) in [5.74, 6) is 0. The van der Waals surface area contributed by atoms with Crippen molar-refractivity contribution in [3.63, 3.8) is 0 Å². The number of nitrogens with two attached hydrogens (primary N) is 1. The predicted octanol–water partition coefficient (Wildman–Crippen LogP) is 0.591. The van der Waals surface area contributed by atoms with Crippen molar-refractivity contribution in [2.45, 2.75) is 19.4 Å². The van der Waals surface area contributed by atoms with Crippen LogP contribution >= 0.6 is 0 Å². The molecular weight excluding hydrogens is 188 g/mol. The first-order chi connectivity index (χ1) is 7.13. The third-order valence-electron chi connectivity index (χ3n) is 3.21. The second-order valence-corrected chi connectivity index (χ2v) is 4.90. The minimum atomic E-state index is 0.428. The van der Waals surface area contributed by atoms with E-state index in [-0.39, 0.29) is 0 Å². The average Bonchev–Trinajstić information content (AvgIpc) is 2.84. The highest BCUT2D eigenvalue weighted by Crippen LogP contribution is 2.44. The molecule has 0 radical (unpaired) electrons. The molecular formula is C11H20N4. The lowest BCUT2D eigenvalue weighted by atomic mass is 10.1. The Hall–Kier alpha value is -0.870. The van der Waals surface area contributed by atoms with Gasteiger partial charge in [0.25, 0.3) is 0 Å². The molecule has 4 nitrogen and oxygen atoms in total. The van der Waals surface area contributed by atoms with Gasteiger partial charge >= 0.3 is 0 Å². The predicted molar refractivity (Wildman–Crippen MR) is 60.3 cm³/mol. The molecule has 2 N–H and O–H groups in total. The molecule has 1 fully saturated rings. The SMILES string of the molecule is CN(Cc1cnn(C)c1)CC1(CN)CC1. The largest absolute Gasteiger partial charge is 0.330 e. The molecule has 0 unspecified atom stereocenters. The maximum absolute atomic E-state index is 5.77. The van der Waals surface area contributed by atoms with Crippen LogP contribution in [0.3, 0.4) is 0 Å². The van der Waals surface area contributed by atoms with Crippen molar-refractivity contribution in [1.29, 1.82) is 0 Å². The Morgan fingerprint density at radius 1 is 1.60 bits per heavy atom. The van der Waals surface area contributed by atoms with Gasteiger partial charge in [-0.05, 0) is 31.8 Å². The summed E-state index contributed by atoms with van der Waals surface area (Å²) in [4.78, 5) is 2.34. The Balaban J connectivity index is 1.84. The molecule has 1 aliphatic carbocycles. The lowest BCUT2D eigenvalue weighted by Gasteiger charge is -2.21. The fourth-order valence-corrected chi connectivity index (χ4v) is 2.10. The lowest BCUT2D eigenvalue weighted by Crippen LogP contribution is -2.31. The molecule has 0 bridgehead atoms. The van der Waals surface area contributed by atoms with E-state index in [1.54, 1.807) is 0 Å². The standard InChI is InChI=1S/C11H20N4/c1-14(9-11(8-12)3-4-11)6-10-5-13-15(2)7-10/h5,7H,3-4,6,8-9,12H2,1-2H3. The maximum Gasteiger partial charge on any atom is 0.0534 e. The van der Waals surface area contributed by atoms with Crippen molar-refractivity contribution in [2.24, 2.45) is 18.2 Å². The van der Waals surface area contributed by atoms with E-state index in [4.69, 9.17) is 5.73 Å². The van der Waals surface area contributed by atoms with E-state index in [1.807, 2.05) is 17.9 Å². The third-order valence-corrected chi connectivity index (χ3v) is 3.21. The van der Waals surface area contributed by atoms with Crippen molar-refractivity contribution >= 4 is 0 Å². The number of aryl methyl sites for hydroxylation is 1. The highest BCUT2D eigenvalue weighted by atomic mass is 15.2. The van der Waals surface area contributed by atoms with Crippen molar-refractivity contribution in [1.82, 2.24) is 14.7 Å². The third kappa shape index (κ3) is 2.58. The molecule has 1 aliphatic rings. The highest BCUT2D eigenvalue weighted by molar-refractivity contribution is 5.04. The monoisotopic (exact) mass is 208 g/mol. The van der Waals surface area contributed by atoms with Crippen molar-refractivity contribution < 1.29 is 0 Å². The van der Waals surface area contributed by atoms with Crippen LogP contribution < -0.4 is 5.73 Å². The van der Waals surface area contributed by atoms with Crippen LogP contribution in [0, 0.1) is 5.41 Å². The molecule has 0 spiro atoms. The van der Waals surface area contributed by atoms with Crippen LogP contribution in [-0.2, 0) is 13.6 Å². The molecule has 1 saturated carbocycles. The highest BCUT2D eigenvalue weighted by Gasteiger charge is 2.41. The molecule has 84 valence electrons. The molecule has 0 aliphatic heterocycles. The Morgan fingerprint density at radius 3 is 2.80 bits per heavy atom. The van der Waals surface area contributed by atoms with Crippen LogP contribution in [0.25, 0.3) is 0 Å². The van der Waals surface area contributed by atoms with Gasteiger partial charge in [-0.1, -0.05) is 0 Å². The normalized spacial score (nSPS) is 18.4. The lowest BCUT2D eigenvalue weighted by molar-refractivity contribution is 0.259. The molecule has 0 amide bonds.